The Balaban J connectivity index is 1.58. The van der Waals surface area contributed by atoms with Gasteiger partial charge in [0.15, 0.2) is 6.10 Å². The number of rotatable bonds is 9. The highest BCUT2D eigenvalue weighted by atomic mass is 16.7. The number of carbonyl (C=O) groups excluding carboxylic acids is 6. The summed E-state index contributed by atoms with van der Waals surface area (Å²) in [5.74, 6) is -5.49. The predicted molar refractivity (Wildman–Crippen MR) is 195 cm³/mol. The van der Waals surface area contributed by atoms with Gasteiger partial charge in [-0.25, -0.2) is 14.4 Å². The zero-order chi connectivity index (χ0) is 41.4. The van der Waals surface area contributed by atoms with Crippen molar-refractivity contribution in [3.05, 3.63) is 24.3 Å². The molecular weight excluding hydrogens is 730 g/mol. The van der Waals surface area contributed by atoms with Crippen LogP contribution in [0.1, 0.15) is 93.9 Å². The van der Waals surface area contributed by atoms with Crippen LogP contribution in [-0.4, -0.2) is 103 Å². The van der Waals surface area contributed by atoms with Crippen molar-refractivity contribution >= 4 is 35.9 Å². The lowest BCUT2D eigenvalue weighted by atomic mass is 9.32. The van der Waals surface area contributed by atoms with Crippen molar-refractivity contribution in [3.8, 4) is 0 Å². The zero-order valence-corrected chi connectivity index (χ0v) is 33.9. The van der Waals surface area contributed by atoms with Crippen LogP contribution in [0.5, 0.6) is 0 Å². The summed E-state index contributed by atoms with van der Waals surface area (Å²) in [5, 5.41) is 16.3. The van der Waals surface area contributed by atoms with Crippen LogP contribution in [0.4, 0.5) is 4.79 Å². The van der Waals surface area contributed by atoms with Gasteiger partial charge in [0.05, 0.1) is 23.5 Å². The number of hydrogen-bond acceptors (Lipinski definition) is 14. The van der Waals surface area contributed by atoms with E-state index in [2.05, 4.69) is 11.9 Å². The third-order valence-electron chi connectivity index (χ3n) is 14.9. The number of cyclic esters (lactones) is 1. The van der Waals surface area contributed by atoms with E-state index in [1.165, 1.54) is 34.0 Å². The molecule has 15 heteroatoms. The fraction of sp³-hybridized carbons (Fsp3) is 0.756. The average molecular weight is 788 g/mol. The van der Waals surface area contributed by atoms with E-state index in [9.17, 15) is 33.9 Å². The van der Waals surface area contributed by atoms with Crippen molar-refractivity contribution in [3.63, 3.8) is 0 Å². The molecule has 0 spiro atoms. The number of allylic oxidation sites excluding steroid dienone is 1. The smallest absolute Gasteiger partial charge is 0.407 e. The average Bonchev–Trinajstić information content (AvgIpc) is 3.91. The number of unbranched alkanes of at least 4 members (excludes halogenated alkanes) is 1. The predicted octanol–water partition coefficient (Wildman–Crippen LogP) is 3.88. The van der Waals surface area contributed by atoms with Crippen LogP contribution in [0.3, 0.4) is 0 Å². The molecule has 6 rings (SSSR count). The van der Waals surface area contributed by atoms with E-state index in [1.807, 2.05) is 20.8 Å². The molecule has 0 aromatic heterocycles. The maximum absolute atomic E-state index is 13.9. The molecule has 56 heavy (non-hydrogen) atoms. The number of alkyl carbamates (subject to hydrolysis) is 1. The highest BCUT2D eigenvalue weighted by Gasteiger charge is 2.90. The Bertz CT molecular complexity index is 1730. The largest absolute Gasteiger partial charge is 0.467 e. The van der Waals surface area contributed by atoms with Gasteiger partial charge in [0.25, 0.3) is 0 Å². The first-order valence-electron chi connectivity index (χ1n) is 19.6. The molecule has 0 bridgehead atoms. The molecule has 2 N–H and O–H groups in total. The normalized spacial score (nSPS) is 43.6. The maximum Gasteiger partial charge on any atom is 0.407 e. The van der Waals surface area contributed by atoms with Crippen molar-refractivity contribution < 1.29 is 67.0 Å². The Labute approximate surface area is 327 Å². The van der Waals surface area contributed by atoms with Crippen molar-refractivity contribution in [2.45, 2.75) is 136 Å². The first-order chi connectivity index (χ1) is 26.2. The minimum Gasteiger partial charge on any atom is -0.467 e. The third-order valence-corrected chi connectivity index (χ3v) is 14.9. The summed E-state index contributed by atoms with van der Waals surface area (Å²) in [5.41, 5.74) is -8.34. The zero-order valence-electron chi connectivity index (χ0n) is 33.9. The van der Waals surface area contributed by atoms with Gasteiger partial charge in [-0.15, -0.1) is 0 Å². The molecule has 2 aliphatic heterocycles. The number of aliphatic hydroxyl groups is 1. The van der Waals surface area contributed by atoms with E-state index in [-0.39, 0.29) is 19.4 Å². The first-order valence-corrected chi connectivity index (χ1v) is 19.6. The molecule has 2 heterocycles. The summed E-state index contributed by atoms with van der Waals surface area (Å²) >= 11 is 0. The number of hydrogen-bond donors (Lipinski definition) is 2. The fourth-order valence-corrected chi connectivity index (χ4v) is 12.5. The SMILES string of the molecule is C=C1C[C@@]2(O)C3CC[C@]4(C)C(CC(OC(C)=O)[C@@]5(C(C)OC(=O)NCCCC)COC(=O)C=C[C@H]54)[C@@]3(C)[C@H](OC(C)=O)[C@H](OC(C)=O)[C@@]2(C)[C@]2(C(=O)OC)O[C@H]12. The topological polar surface area (TPSA) is 203 Å². The highest BCUT2D eigenvalue weighted by molar-refractivity contribution is 5.87. The van der Waals surface area contributed by atoms with Crippen molar-refractivity contribution in [2.75, 3.05) is 20.3 Å². The summed E-state index contributed by atoms with van der Waals surface area (Å²) < 4.78 is 42.0. The molecule has 4 unspecified atom stereocenters. The van der Waals surface area contributed by atoms with E-state index in [4.69, 9.17) is 33.2 Å². The summed E-state index contributed by atoms with van der Waals surface area (Å²) in [6.45, 7) is 17.3. The summed E-state index contributed by atoms with van der Waals surface area (Å²) in [4.78, 5) is 79.6. The van der Waals surface area contributed by atoms with E-state index in [1.54, 1.807) is 19.9 Å². The minimum atomic E-state index is -1.85. The Hall–Kier alpha value is -3.98. The molecule has 6 aliphatic rings. The summed E-state index contributed by atoms with van der Waals surface area (Å²) in [6.07, 6.45) is -0.834. The summed E-state index contributed by atoms with van der Waals surface area (Å²) in [7, 11) is 1.21. The number of amides is 1. The van der Waals surface area contributed by atoms with Gasteiger partial charge in [-0.3, -0.25) is 14.4 Å². The molecule has 5 fully saturated rings. The molecule has 15 nitrogen and oxygen atoms in total. The Kier molecular flexibility index (Phi) is 10.5. The number of epoxide rings is 1. The van der Waals surface area contributed by atoms with Crippen LogP contribution in [0.2, 0.25) is 0 Å². The van der Waals surface area contributed by atoms with Gasteiger partial charge < -0.3 is 43.6 Å². The molecule has 0 aromatic rings. The molecule has 0 radical (unpaired) electrons. The molecule has 0 aromatic carbocycles. The van der Waals surface area contributed by atoms with Crippen LogP contribution in [0.15, 0.2) is 24.3 Å². The number of carbonyl (C=O) groups is 6. The lowest BCUT2D eigenvalue weighted by Gasteiger charge is -2.74. The van der Waals surface area contributed by atoms with Gasteiger partial charge in [0.2, 0.25) is 5.60 Å². The summed E-state index contributed by atoms with van der Waals surface area (Å²) in [6, 6.07) is 0. The first kappa shape index (κ1) is 41.6. The quantitative estimate of drug-likeness (QED) is 0.112. The van der Waals surface area contributed by atoms with Gasteiger partial charge in [-0.1, -0.05) is 39.8 Å². The van der Waals surface area contributed by atoms with Gasteiger partial charge in [-0.05, 0) is 68.3 Å². The van der Waals surface area contributed by atoms with E-state index in [0.717, 1.165) is 12.8 Å². The molecule has 4 saturated carbocycles. The second kappa shape index (κ2) is 14.1. The van der Waals surface area contributed by atoms with Crippen LogP contribution < -0.4 is 5.32 Å². The van der Waals surface area contributed by atoms with Crippen molar-refractivity contribution in [2.24, 2.45) is 39.4 Å². The van der Waals surface area contributed by atoms with Crippen LogP contribution in [0.25, 0.3) is 0 Å². The number of nitrogens with one attached hydrogen (secondary N) is 1. The van der Waals surface area contributed by atoms with E-state index in [0.29, 0.717) is 25.0 Å². The molecule has 310 valence electrons. The lowest BCUT2D eigenvalue weighted by molar-refractivity contribution is -0.342. The maximum atomic E-state index is 13.9. The van der Waals surface area contributed by atoms with Crippen molar-refractivity contribution in [1.29, 1.82) is 0 Å². The standard InChI is InChI=1S/C41H57NO14/c1-11-12-17-42-35(48)52-22(3)39-20-51-30(46)14-13-26(39)36(7)16-15-27-37(8,28(36)18-29(39)53-23(4)43)32(54-24(5)44)33(55-25(6)45)38(9)40(27,49)19-21(2)31-41(38,56-31)34(47)50-10/h13-14,22,26-29,31-33,49H,2,11-12,15-20H2,1,3-10H3,(H,42,48)/t22?,26-,27?,28?,29?,31+,32+,33-,36-,37-,38+,39+,40+,41-/m0/s1. The Morgan fingerprint density at radius 2 is 1.66 bits per heavy atom. The highest BCUT2D eigenvalue weighted by Crippen LogP contribution is 2.78. The molecule has 1 amide bonds. The number of fused-ring (bicyclic) bond motifs is 9. The molecule has 4 aliphatic carbocycles. The van der Waals surface area contributed by atoms with Crippen LogP contribution >= 0.6 is 0 Å². The van der Waals surface area contributed by atoms with Gasteiger partial charge in [-0.2, -0.15) is 0 Å². The molecule has 14 atom stereocenters. The second-order valence-electron chi connectivity index (χ2n) is 17.5. The van der Waals surface area contributed by atoms with Gasteiger partial charge in [0.1, 0.15) is 31.0 Å². The van der Waals surface area contributed by atoms with E-state index >= 15 is 0 Å². The van der Waals surface area contributed by atoms with Crippen molar-refractivity contribution in [1.82, 2.24) is 5.32 Å². The second-order valence-corrected chi connectivity index (χ2v) is 17.5. The monoisotopic (exact) mass is 787 g/mol. The minimum absolute atomic E-state index is 0.0256. The number of esters is 5. The van der Waals surface area contributed by atoms with Crippen LogP contribution in [0, 0.1) is 39.4 Å². The van der Waals surface area contributed by atoms with Gasteiger partial charge >= 0.3 is 35.9 Å². The lowest BCUT2D eigenvalue weighted by Crippen LogP contribution is -2.82. The van der Waals surface area contributed by atoms with Gasteiger partial charge in [0, 0.05) is 45.2 Å². The fourth-order valence-electron chi connectivity index (χ4n) is 12.5. The van der Waals surface area contributed by atoms with Crippen LogP contribution in [-0.2, 0) is 57.1 Å². The third kappa shape index (κ3) is 5.64. The Morgan fingerprint density at radius 3 is 2.27 bits per heavy atom. The molecular formula is C41H57NO14. The molecule has 1 saturated heterocycles. The van der Waals surface area contributed by atoms with E-state index < -0.39 is 117 Å². The number of methoxy groups -OCH3 is 1. The Morgan fingerprint density at radius 1 is 1.02 bits per heavy atom. The number of ether oxygens (including phenoxy) is 7.